The van der Waals surface area contributed by atoms with Crippen LogP contribution in [0.2, 0.25) is 5.02 Å². The van der Waals surface area contributed by atoms with Gasteiger partial charge in [-0.1, -0.05) is 11.6 Å². The maximum absolute atomic E-state index is 6.08. The highest BCUT2D eigenvalue weighted by Crippen LogP contribution is 2.28. The minimum Gasteiger partial charge on any atom is -0.497 e. The van der Waals surface area contributed by atoms with E-state index in [4.69, 9.17) is 16.3 Å². The number of fused-ring (bicyclic) bond motifs is 1. The van der Waals surface area contributed by atoms with E-state index in [1.165, 1.54) is 11.3 Å². The van der Waals surface area contributed by atoms with Gasteiger partial charge in [0.2, 0.25) is 0 Å². The van der Waals surface area contributed by atoms with E-state index in [-0.39, 0.29) is 17.0 Å². The highest BCUT2D eigenvalue weighted by molar-refractivity contribution is 8.93. The third-order valence-corrected chi connectivity index (χ3v) is 4.56. The fraction of sp³-hybridized carbons (Fsp3) is 0.0588. The molecular formula is C17H14BrClN4OS. The number of hydrogen-bond acceptors (Lipinski definition) is 5. The van der Waals surface area contributed by atoms with Crippen molar-refractivity contribution in [2.75, 3.05) is 12.4 Å². The second-order valence-electron chi connectivity index (χ2n) is 5.11. The Morgan fingerprint density at radius 1 is 1.16 bits per heavy atom. The zero-order valence-electron chi connectivity index (χ0n) is 13.1. The van der Waals surface area contributed by atoms with Crippen LogP contribution >= 0.6 is 39.9 Å². The van der Waals surface area contributed by atoms with Gasteiger partial charge in [0.05, 0.1) is 24.0 Å². The van der Waals surface area contributed by atoms with Crippen LogP contribution in [0.3, 0.4) is 0 Å². The van der Waals surface area contributed by atoms with Crippen molar-refractivity contribution in [3.05, 3.63) is 59.2 Å². The summed E-state index contributed by atoms with van der Waals surface area (Å²) in [7, 11) is 1.65. The summed E-state index contributed by atoms with van der Waals surface area (Å²) in [5.41, 5.74) is 3.56. The lowest BCUT2D eigenvalue weighted by molar-refractivity contribution is 0.415. The van der Waals surface area contributed by atoms with Crippen molar-refractivity contribution in [2.45, 2.75) is 0 Å². The van der Waals surface area contributed by atoms with Crippen LogP contribution in [0.5, 0.6) is 5.75 Å². The van der Waals surface area contributed by atoms with Crippen LogP contribution in [-0.2, 0) is 0 Å². The van der Waals surface area contributed by atoms with Crippen LogP contribution in [0.15, 0.2) is 54.2 Å². The Balaban J connectivity index is 0.00000182. The molecule has 25 heavy (non-hydrogen) atoms. The molecule has 0 unspecified atom stereocenters. The standard InChI is InChI=1S/C17H13ClN4OS.BrH/c1-23-13-5-3-12(4-6-13)20-17-21-14(10-24-17)15-8-19-16-7-2-11(18)9-22(15)16;/h2-10H,1H3,(H,20,21);1H. The number of ether oxygens (including phenoxy) is 1. The maximum Gasteiger partial charge on any atom is 0.187 e. The Bertz CT molecular complexity index is 999. The summed E-state index contributed by atoms with van der Waals surface area (Å²) in [5, 5.41) is 6.76. The second-order valence-corrected chi connectivity index (χ2v) is 6.40. The molecule has 128 valence electrons. The fourth-order valence-corrected chi connectivity index (χ4v) is 3.28. The minimum atomic E-state index is 0. The molecule has 0 radical (unpaired) electrons. The third-order valence-electron chi connectivity index (χ3n) is 3.58. The summed E-state index contributed by atoms with van der Waals surface area (Å²) in [5.74, 6) is 0.822. The SMILES string of the molecule is Br.COc1ccc(Nc2nc(-c3cnc4ccc(Cl)cn34)cs2)cc1. The van der Waals surface area contributed by atoms with Gasteiger partial charge in [0.25, 0.3) is 0 Å². The molecule has 0 fully saturated rings. The molecule has 0 saturated carbocycles. The van der Waals surface area contributed by atoms with Crippen LogP contribution in [0.1, 0.15) is 0 Å². The van der Waals surface area contributed by atoms with Crippen molar-refractivity contribution in [1.82, 2.24) is 14.4 Å². The number of rotatable bonds is 4. The van der Waals surface area contributed by atoms with E-state index in [2.05, 4.69) is 15.3 Å². The average molecular weight is 438 g/mol. The number of imidazole rings is 1. The van der Waals surface area contributed by atoms with Crippen LogP contribution in [0, 0.1) is 0 Å². The van der Waals surface area contributed by atoms with Crippen LogP contribution in [0.25, 0.3) is 17.0 Å². The lowest BCUT2D eigenvalue weighted by Gasteiger charge is -2.04. The molecule has 1 N–H and O–H groups in total. The fourth-order valence-electron chi connectivity index (χ4n) is 2.39. The number of nitrogens with one attached hydrogen (secondary N) is 1. The van der Waals surface area contributed by atoms with Crippen molar-refractivity contribution in [3.63, 3.8) is 0 Å². The molecule has 0 aliphatic heterocycles. The molecule has 0 bridgehead atoms. The van der Waals surface area contributed by atoms with Crippen molar-refractivity contribution >= 4 is 56.4 Å². The van der Waals surface area contributed by atoms with E-state index in [0.717, 1.165) is 33.6 Å². The average Bonchev–Trinajstić information content (AvgIpc) is 3.22. The first-order valence-corrected chi connectivity index (χ1v) is 8.48. The molecule has 0 aliphatic rings. The molecule has 3 heterocycles. The summed E-state index contributed by atoms with van der Waals surface area (Å²) in [6.45, 7) is 0. The Labute approximate surface area is 164 Å². The van der Waals surface area contributed by atoms with Crippen LogP contribution < -0.4 is 10.1 Å². The van der Waals surface area contributed by atoms with Gasteiger partial charge >= 0.3 is 0 Å². The van der Waals surface area contributed by atoms with Gasteiger partial charge in [-0.15, -0.1) is 28.3 Å². The number of hydrogen-bond donors (Lipinski definition) is 1. The first kappa shape index (κ1) is 17.7. The first-order valence-electron chi connectivity index (χ1n) is 7.22. The molecule has 0 amide bonds. The Kier molecular flexibility index (Phi) is 5.27. The number of pyridine rings is 1. The highest BCUT2D eigenvalue weighted by atomic mass is 79.9. The summed E-state index contributed by atoms with van der Waals surface area (Å²) >= 11 is 7.62. The molecule has 4 aromatic rings. The van der Waals surface area contributed by atoms with Gasteiger partial charge in [-0.05, 0) is 36.4 Å². The summed E-state index contributed by atoms with van der Waals surface area (Å²) < 4.78 is 7.10. The quantitative estimate of drug-likeness (QED) is 0.462. The van der Waals surface area contributed by atoms with Gasteiger partial charge in [0.1, 0.15) is 17.1 Å². The first-order chi connectivity index (χ1) is 11.7. The predicted molar refractivity (Wildman–Crippen MR) is 108 cm³/mol. The van der Waals surface area contributed by atoms with E-state index in [1.54, 1.807) is 13.3 Å². The van der Waals surface area contributed by atoms with Crippen molar-refractivity contribution < 1.29 is 4.74 Å². The minimum absolute atomic E-state index is 0. The lowest BCUT2D eigenvalue weighted by atomic mass is 10.3. The van der Waals surface area contributed by atoms with Crippen molar-refractivity contribution in [3.8, 4) is 17.1 Å². The summed E-state index contributed by atoms with van der Waals surface area (Å²) in [6, 6.07) is 11.4. The lowest BCUT2D eigenvalue weighted by Crippen LogP contribution is -1.91. The summed E-state index contributed by atoms with van der Waals surface area (Å²) in [6.07, 6.45) is 3.65. The number of halogens is 2. The molecule has 0 spiro atoms. The predicted octanol–water partition coefficient (Wildman–Crippen LogP) is 5.44. The normalized spacial score (nSPS) is 10.5. The van der Waals surface area contributed by atoms with Gasteiger partial charge in [-0.2, -0.15) is 0 Å². The van der Waals surface area contributed by atoms with Gasteiger partial charge < -0.3 is 10.1 Å². The Morgan fingerprint density at radius 2 is 1.96 bits per heavy atom. The van der Waals surface area contributed by atoms with Gasteiger partial charge in [-0.3, -0.25) is 4.40 Å². The molecule has 0 aliphatic carbocycles. The second kappa shape index (κ2) is 7.43. The topological polar surface area (TPSA) is 51.5 Å². The third kappa shape index (κ3) is 3.63. The highest BCUT2D eigenvalue weighted by Gasteiger charge is 2.10. The largest absolute Gasteiger partial charge is 0.497 e. The van der Waals surface area contributed by atoms with Crippen molar-refractivity contribution in [1.29, 1.82) is 0 Å². The number of aromatic nitrogens is 3. The summed E-state index contributed by atoms with van der Waals surface area (Å²) in [4.78, 5) is 9.03. The van der Waals surface area contributed by atoms with E-state index in [0.29, 0.717) is 5.02 Å². The number of nitrogens with zero attached hydrogens (tertiary/aromatic N) is 3. The van der Waals surface area contributed by atoms with Crippen LogP contribution in [0.4, 0.5) is 10.8 Å². The molecule has 0 saturated heterocycles. The van der Waals surface area contributed by atoms with Crippen LogP contribution in [-0.4, -0.2) is 21.5 Å². The zero-order chi connectivity index (χ0) is 16.5. The van der Waals surface area contributed by atoms with Gasteiger partial charge in [0, 0.05) is 17.3 Å². The Morgan fingerprint density at radius 3 is 2.72 bits per heavy atom. The van der Waals surface area contributed by atoms with Crippen molar-refractivity contribution in [2.24, 2.45) is 0 Å². The zero-order valence-corrected chi connectivity index (χ0v) is 16.4. The molecule has 8 heteroatoms. The van der Waals surface area contributed by atoms with Gasteiger partial charge in [0.15, 0.2) is 5.13 Å². The smallest absolute Gasteiger partial charge is 0.187 e. The van der Waals surface area contributed by atoms with E-state index in [1.807, 2.05) is 52.4 Å². The van der Waals surface area contributed by atoms with E-state index < -0.39 is 0 Å². The molecule has 1 aromatic carbocycles. The molecule has 0 atom stereocenters. The number of benzene rings is 1. The van der Waals surface area contributed by atoms with E-state index >= 15 is 0 Å². The molecule has 3 aromatic heterocycles. The number of thiazole rings is 1. The maximum atomic E-state index is 6.08. The molecular weight excluding hydrogens is 424 g/mol. The molecule has 4 rings (SSSR count). The molecule has 5 nitrogen and oxygen atoms in total. The van der Waals surface area contributed by atoms with E-state index in [9.17, 15) is 0 Å². The monoisotopic (exact) mass is 436 g/mol. The Hall–Kier alpha value is -2.09. The number of methoxy groups -OCH3 is 1. The van der Waals surface area contributed by atoms with Gasteiger partial charge in [-0.25, -0.2) is 9.97 Å². The number of anilines is 2.